The normalized spacial score (nSPS) is 10.2. The lowest BCUT2D eigenvalue weighted by Crippen LogP contribution is -1.72. The Balaban J connectivity index is 3.81. The summed E-state index contributed by atoms with van der Waals surface area (Å²) in [5, 5.41) is 7.97. The molecule has 9 heavy (non-hydrogen) atoms. The summed E-state index contributed by atoms with van der Waals surface area (Å²) in [5.74, 6) is 0. The van der Waals surface area contributed by atoms with Crippen LogP contribution in [0.25, 0.3) is 0 Å². The molecule has 0 atom stereocenters. The molecule has 0 fully saturated rings. The first-order valence-electron chi connectivity index (χ1n) is 2.55. The fourth-order valence-electron chi connectivity index (χ4n) is 0.369. The first kappa shape index (κ1) is 7.64. The van der Waals surface area contributed by atoms with E-state index in [0.29, 0.717) is 0 Å². The van der Waals surface area contributed by atoms with Crippen LogP contribution in [0.15, 0.2) is 29.3 Å². The van der Waals surface area contributed by atoms with Crippen molar-refractivity contribution >= 4 is 6.21 Å². The fraction of sp³-hybridized carbons (Fsp3) is 0.143. The van der Waals surface area contributed by atoms with Crippen molar-refractivity contribution in [1.29, 1.82) is 5.26 Å². The molecule has 0 aliphatic rings. The van der Waals surface area contributed by atoms with Gasteiger partial charge in [0.2, 0.25) is 6.19 Å². The summed E-state index contributed by atoms with van der Waals surface area (Å²) in [4.78, 5) is 3.32. The zero-order valence-electron chi connectivity index (χ0n) is 5.33. The molecule has 0 rings (SSSR count). The maximum Gasteiger partial charge on any atom is 0.205 e. The van der Waals surface area contributed by atoms with Crippen molar-refractivity contribution in [2.75, 3.05) is 0 Å². The molecule has 0 saturated heterocycles. The molecule has 0 bridgehead atoms. The summed E-state index contributed by atoms with van der Waals surface area (Å²) in [6, 6.07) is 0. The summed E-state index contributed by atoms with van der Waals surface area (Å²) >= 11 is 0. The summed E-state index contributed by atoms with van der Waals surface area (Å²) in [6.07, 6.45) is 6.67. The van der Waals surface area contributed by atoms with E-state index in [2.05, 4.69) is 11.6 Å². The van der Waals surface area contributed by atoms with Gasteiger partial charge in [-0.25, -0.2) is 0 Å². The summed E-state index contributed by atoms with van der Waals surface area (Å²) < 4.78 is 0. The van der Waals surface area contributed by atoms with E-state index in [1.807, 2.05) is 13.0 Å². The molecule has 0 spiro atoms. The highest BCUT2D eigenvalue weighted by Gasteiger charge is 1.75. The first-order valence-corrected chi connectivity index (χ1v) is 2.55. The van der Waals surface area contributed by atoms with E-state index < -0.39 is 0 Å². The van der Waals surface area contributed by atoms with E-state index in [1.54, 1.807) is 12.3 Å². The Labute approximate surface area is 54.8 Å². The van der Waals surface area contributed by atoms with E-state index in [0.717, 1.165) is 5.57 Å². The predicted octanol–water partition coefficient (Wildman–Crippen LogP) is 1.67. The van der Waals surface area contributed by atoms with Crippen molar-refractivity contribution in [2.24, 2.45) is 4.99 Å². The van der Waals surface area contributed by atoms with Gasteiger partial charge in [0.1, 0.15) is 0 Å². The van der Waals surface area contributed by atoms with Crippen molar-refractivity contribution in [1.82, 2.24) is 0 Å². The second-order valence-corrected chi connectivity index (χ2v) is 1.43. The summed E-state index contributed by atoms with van der Waals surface area (Å²) in [5.41, 5.74) is 0.735. The van der Waals surface area contributed by atoms with Gasteiger partial charge in [-0.3, -0.25) is 0 Å². The van der Waals surface area contributed by atoms with Crippen LogP contribution in [0.1, 0.15) is 6.92 Å². The molecule has 0 aromatic carbocycles. The molecule has 0 aromatic heterocycles. The monoisotopic (exact) mass is 120 g/mol. The average molecular weight is 120 g/mol. The minimum absolute atomic E-state index is 0.735. The van der Waals surface area contributed by atoms with Crippen LogP contribution in [0.3, 0.4) is 0 Å². The van der Waals surface area contributed by atoms with E-state index in [-0.39, 0.29) is 0 Å². The van der Waals surface area contributed by atoms with Crippen LogP contribution in [-0.2, 0) is 0 Å². The van der Waals surface area contributed by atoms with Crippen molar-refractivity contribution in [3.8, 4) is 6.19 Å². The van der Waals surface area contributed by atoms with Crippen LogP contribution in [0.4, 0.5) is 0 Å². The molecular weight excluding hydrogens is 112 g/mol. The highest BCUT2D eigenvalue weighted by Crippen LogP contribution is 1.86. The molecule has 46 valence electrons. The number of hydrogen-bond acceptors (Lipinski definition) is 2. The van der Waals surface area contributed by atoms with E-state index in [9.17, 15) is 0 Å². The SMILES string of the molecule is C=C(C=NC#N)/C=C\C. The van der Waals surface area contributed by atoms with Crippen LogP contribution in [0.5, 0.6) is 0 Å². The number of aliphatic imine (C=N–C) groups is 1. The highest BCUT2D eigenvalue weighted by atomic mass is 14.7. The Bertz CT molecular complexity index is 182. The molecule has 0 amide bonds. The van der Waals surface area contributed by atoms with Crippen LogP contribution < -0.4 is 0 Å². The van der Waals surface area contributed by atoms with E-state index >= 15 is 0 Å². The average Bonchev–Trinajstić information content (AvgIpc) is 1.85. The van der Waals surface area contributed by atoms with Gasteiger partial charge in [0, 0.05) is 6.21 Å². The second-order valence-electron chi connectivity index (χ2n) is 1.43. The third-order valence-corrected chi connectivity index (χ3v) is 0.669. The molecule has 0 heterocycles. The van der Waals surface area contributed by atoms with Crippen LogP contribution >= 0.6 is 0 Å². The van der Waals surface area contributed by atoms with Crippen molar-refractivity contribution < 1.29 is 0 Å². The second kappa shape index (κ2) is 4.79. The molecule has 0 aliphatic heterocycles. The van der Waals surface area contributed by atoms with Crippen LogP contribution in [0, 0.1) is 11.5 Å². The largest absolute Gasteiger partial charge is 0.205 e. The van der Waals surface area contributed by atoms with Crippen molar-refractivity contribution in [2.45, 2.75) is 6.92 Å². The number of nitriles is 1. The third-order valence-electron chi connectivity index (χ3n) is 0.669. The van der Waals surface area contributed by atoms with Gasteiger partial charge in [-0.1, -0.05) is 18.7 Å². The lowest BCUT2D eigenvalue weighted by Gasteiger charge is -1.80. The Morgan fingerprint density at radius 2 is 2.44 bits per heavy atom. The number of rotatable bonds is 2. The maximum atomic E-state index is 7.97. The molecule has 2 nitrogen and oxygen atoms in total. The summed E-state index contributed by atoms with van der Waals surface area (Å²) in [7, 11) is 0. The molecule has 0 aromatic rings. The van der Waals surface area contributed by atoms with Gasteiger partial charge in [0.15, 0.2) is 0 Å². The zero-order chi connectivity index (χ0) is 7.11. The maximum absolute atomic E-state index is 7.97. The standard InChI is InChI=1S/C7H8N2/c1-3-4-7(2)5-9-6-8/h3-5H,2H2,1H3/b4-3-,9-5?. The minimum Gasteiger partial charge on any atom is -0.181 e. The highest BCUT2D eigenvalue weighted by molar-refractivity contribution is 5.81. The fourth-order valence-corrected chi connectivity index (χ4v) is 0.369. The van der Waals surface area contributed by atoms with Gasteiger partial charge in [-0.05, 0) is 12.5 Å². The number of nitrogens with zero attached hydrogens (tertiary/aromatic N) is 2. The van der Waals surface area contributed by atoms with Gasteiger partial charge >= 0.3 is 0 Å². The number of hydrogen-bond donors (Lipinski definition) is 0. The number of allylic oxidation sites excluding steroid dienone is 3. The smallest absolute Gasteiger partial charge is 0.181 e. The third kappa shape index (κ3) is 4.49. The van der Waals surface area contributed by atoms with E-state index in [1.165, 1.54) is 6.21 Å². The topological polar surface area (TPSA) is 36.1 Å². The van der Waals surface area contributed by atoms with Gasteiger partial charge in [-0.15, -0.1) is 0 Å². The van der Waals surface area contributed by atoms with Crippen molar-refractivity contribution in [3.63, 3.8) is 0 Å². The first-order chi connectivity index (χ1) is 4.31. The van der Waals surface area contributed by atoms with Gasteiger partial charge in [-0.2, -0.15) is 10.3 Å². The van der Waals surface area contributed by atoms with Gasteiger partial charge in [0.25, 0.3) is 0 Å². The molecule has 0 N–H and O–H groups in total. The predicted molar refractivity (Wildman–Crippen MR) is 38.1 cm³/mol. The summed E-state index contributed by atoms with van der Waals surface area (Å²) in [6.45, 7) is 5.48. The Morgan fingerprint density at radius 1 is 1.78 bits per heavy atom. The molecule has 0 unspecified atom stereocenters. The molecule has 0 saturated carbocycles. The Hall–Kier alpha value is -1.36. The molecular formula is C7H8N2. The van der Waals surface area contributed by atoms with Crippen molar-refractivity contribution in [3.05, 3.63) is 24.3 Å². The molecule has 2 heteroatoms. The Morgan fingerprint density at radius 3 is 2.89 bits per heavy atom. The van der Waals surface area contributed by atoms with Crippen LogP contribution in [0.2, 0.25) is 0 Å². The lowest BCUT2D eigenvalue weighted by molar-refractivity contribution is 1.45. The molecule has 0 radical (unpaired) electrons. The van der Waals surface area contributed by atoms with Crippen LogP contribution in [-0.4, -0.2) is 6.21 Å². The van der Waals surface area contributed by atoms with Gasteiger partial charge < -0.3 is 0 Å². The molecule has 0 aliphatic carbocycles. The van der Waals surface area contributed by atoms with Gasteiger partial charge in [0.05, 0.1) is 0 Å². The van der Waals surface area contributed by atoms with E-state index in [4.69, 9.17) is 5.26 Å². The minimum atomic E-state index is 0.735. The Kier molecular flexibility index (Phi) is 4.07. The quantitative estimate of drug-likeness (QED) is 0.310. The lowest BCUT2D eigenvalue weighted by atomic mass is 10.3. The zero-order valence-corrected chi connectivity index (χ0v) is 5.33.